The molecule has 0 aromatic rings. The van der Waals surface area contributed by atoms with E-state index in [0.717, 1.165) is 11.1 Å². The van der Waals surface area contributed by atoms with Crippen LogP contribution in [0.2, 0.25) is 0 Å². The molecule has 2 fully saturated rings. The van der Waals surface area contributed by atoms with Gasteiger partial charge in [-0.25, -0.2) is 4.79 Å². The Bertz CT molecular complexity index is 746. The molecule has 0 saturated carbocycles. The number of ether oxygens (including phenoxy) is 4. The maximum absolute atomic E-state index is 12.0. The van der Waals surface area contributed by atoms with Crippen LogP contribution in [0.1, 0.15) is 33.6 Å². The number of allylic oxidation sites excluding steroid dienone is 1. The van der Waals surface area contributed by atoms with Crippen LogP contribution < -0.4 is 0 Å². The lowest BCUT2D eigenvalue weighted by atomic mass is 9.87. The topological polar surface area (TPSA) is 91.4 Å². The van der Waals surface area contributed by atoms with Crippen LogP contribution in [0.25, 0.3) is 0 Å². The molecule has 0 bridgehead atoms. The predicted octanol–water partition coefficient (Wildman–Crippen LogP) is 2.26. The van der Waals surface area contributed by atoms with Crippen molar-refractivity contribution in [2.75, 3.05) is 13.2 Å². The molecule has 3 rings (SSSR count). The Morgan fingerprint density at radius 3 is 2.71 bits per heavy atom. The average molecular weight is 390 g/mol. The number of rotatable bonds is 5. The zero-order valence-electron chi connectivity index (χ0n) is 16.4. The summed E-state index contributed by atoms with van der Waals surface area (Å²) in [5.41, 5.74) is 2.12. The zero-order valence-corrected chi connectivity index (χ0v) is 16.4. The van der Waals surface area contributed by atoms with E-state index < -0.39 is 5.97 Å². The van der Waals surface area contributed by atoms with E-state index in [1.54, 1.807) is 13.8 Å². The molecular formula is C21H26O7. The van der Waals surface area contributed by atoms with Gasteiger partial charge in [-0.3, -0.25) is 9.59 Å². The minimum Gasteiger partial charge on any atom is -0.461 e. The van der Waals surface area contributed by atoms with Gasteiger partial charge in [-0.05, 0) is 17.6 Å². The molecule has 0 N–H and O–H groups in total. The molecule has 0 spiro atoms. The van der Waals surface area contributed by atoms with Crippen molar-refractivity contribution in [3.8, 4) is 0 Å². The molecular weight excluding hydrogens is 364 g/mol. The number of esters is 3. The first-order valence-corrected chi connectivity index (χ1v) is 9.50. The summed E-state index contributed by atoms with van der Waals surface area (Å²) < 4.78 is 21.8. The Morgan fingerprint density at radius 2 is 2.04 bits per heavy atom. The van der Waals surface area contributed by atoms with Gasteiger partial charge in [-0.2, -0.15) is 0 Å². The third kappa shape index (κ3) is 4.70. The highest BCUT2D eigenvalue weighted by atomic mass is 16.6. The molecule has 0 radical (unpaired) electrons. The number of carbonyl (C=O) groups is 3. The Morgan fingerprint density at radius 1 is 1.29 bits per heavy atom. The highest BCUT2D eigenvalue weighted by Gasteiger charge is 2.44. The molecule has 0 aromatic carbocycles. The van der Waals surface area contributed by atoms with E-state index >= 15 is 0 Å². The second-order valence-corrected chi connectivity index (χ2v) is 7.68. The van der Waals surface area contributed by atoms with Crippen LogP contribution in [-0.2, 0) is 33.3 Å². The highest BCUT2D eigenvalue weighted by molar-refractivity contribution is 5.90. The van der Waals surface area contributed by atoms with Crippen LogP contribution in [0.5, 0.6) is 0 Å². The lowest BCUT2D eigenvalue weighted by molar-refractivity contribution is -0.146. The highest BCUT2D eigenvalue weighted by Crippen LogP contribution is 2.39. The number of fused-ring (bicyclic) bond motifs is 2. The maximum atomic E-state index is 12.0. The first-order valence-electron chi connectivity index (χ1n) is 9.50. The molecule has 4 atom stereocenters. The number of carbonyl (C=O) groups excluding carboxylic acids is 3. The zero-order chi connectivity index (χ0) is 20.4. The molecule has 3 aliphatic rings. The minimum atomic E-state index is -0.399. The molecule has 2 saturated heterocycles. The summed E-state index contributed by atoms with van der Waals surface area (Å²) >= 11 is 0. The number of hydrogen-bond donors (Lipinski definition) is 0. The number of epoxide rings is 1. The molecule has 2 aliphatic heterocycles. The lowest BCUT2D eigenvalue weighted by Gasteiger charge is -2.19. The summed E-state index contributed by atoms with van der Waals surface area (Å²) in [6, 6.07) is 0. The second kappa shape index (κ2) is 8.31. The van der Waals surface area contributed by atoms with Crippen LogP contribution in [0.4, 0.5) is 0 Å². The van der Waals surface area contributed by atoms with E-state index in [9.17, 15) is 14.4 Å². The molecule has 28 heavy (non-hydrogen) atoms. The second-order valence-electron chi connectivity index (χ2n) is 7.68. The van der Waals surface area contributed by atoms with Gasteiger partial charge in [0.25, 0.3) is 0 Å². The Hall–Kier alpha value is -2.41. The SMILES string of the molecule is C=C1C(=O)OC2CC(COC(C)=O)=CC3OC3C(COC(=O)C(C)C)=CCC12. The molecule has 7 heteroatoms. The number of hydrogen-bond acceptors (Lipinski definition) is 7. The Labute approximate surface area is 164 Å². The van der Waals surface area contributed by atoms with Crippen molar-refractivity contribution in [1.82, 2.24) is 0 Å². The summed E-state index contributed by atoms with van der Waals surface area (Å²) in [5.74, 6) is -1.45. The van der Waals surface area contributed by atoms with Gasteiger partial charge in [0.15, 0.2) is 0 Å². The molecule has 7 nitrogen and oxygen atoms in total. The first-order chi connectivity index (χ1) is 13.3. The largest absolute Gasteiger partial charge is 0.461 e. The van der Waals surface area contributed by atoms with Crippen molar-refractivity contribution in [3.05, 3.63) is 35.5 Å². The molecule has 0 aromatic heterocycles. The van der Waals surface area contributed by atoms with Crippen molar-refractivity contribution in [2.45, 2.75) is 51.9 Å². The van der Waals surface area contributed by atoms with E-state index in [-0.39, 0.29) is 55.3 Å². The van der Waals surface area contributed by atoms with Gasteiger partial charge in [0.1, 0.15) is 31.5 Å². The van der Waals surface area contributed by atoms with Crippen molar-refractivity contribution in [2.24, 2.45) is 11.8 Å². The van der Waals surface area contributed by atoms with Crippen molar-refractivity contribution in [3.63, 3.8) is 0 Å². The smallest absolute Gasteiger partial charge is 0.334 e. The van der Waals surface area contributed by atoms with Crippen molar-refractivity contribution >= 4 is 17.9 Å². The summed E-state index contributed by atoms with van der Waals surface area (Å²) in [6.45, 7) is 9.04. The Balaban J connectivity index is 1.80. The quantitative estimate of drug-likeness (QED) is 0.234. The maximum Gasteiger partial charge on any atom is 0.334 e. The molecule has 4 unspecified atom stereocenters. The molecule has 152 valence electrons. The molecule has 1 aliphatic carbocycles. The summed E-state index contributed by atoms with van der Waals surface area (Å²) in [4.78, 5) is 35.0. The van der Waals surface area contributed by atoms with Crippen molar-refractivity contribution < 1.29 is 33.3 Å². The van der Waals surface area contributed by atoms with Gasteiger partial charge >= 0.3 is 17.9 Å². The fourth-order valence-corrected chi connectivity index (χ4v) is 3.41. The Kier molecular flexibility index (Phi) is 6.03. The van der Waals surface area contributed by atoms with Crippen LogP contribution in [0.3, 0.4) is 0 Å². The molecule has 2 heterocycles. The van der Waals surface area contributed by atoms with Gasteiger partial charge in [0.05, 0.1) is 5.92 Å². The first kappa shape index (κ1) is 20.3. The van der Waals surface area contributed by atoms with Gasteiger partial charge < -0.3 is 18.9 Å². The van der Waals surface area contributed by atoms with E-state index in [0.29, 0.717) is 18.4 Å². The average Bonchev–Trinajstić information content (AvgIpc) is 3.34. The van der Waals surface area contributed by atoms with E-state index in [1.165, 1.54) is 6.92 Å². The fourth-order valence-electron chi connectivity index (χ4n) is 3.41. The predicted molar refractivity (Wildman–Crippen MR) is 99.0 cm³/mol. The monoisotopic (exact) mass is 390 g/mol. The summed E-state index contributed by atoms with van der Waals surface area (Å²) in [5, 5.41) is 0. The van der Waals surface area contributed by atoms with Gasteiger partial charge in [-0.1, -0.05) is 32.6 Å². The van der Waals surface area contributed by atoms with Gasteiger partial charge in [0.2, 0.25) is 0 Å². The molecule has 0 amide bonds. The van der Waals surface area contributed by atoms with Gasteiger partial charge in [-0.15, -0.1) is 0 Å². The van der Waals surface area contributed by atoms with E-state index in [2.05, 4.69) is 6.58 Å². The lowest BCUT2D eigenvalue weighted by Crippen LogP contribution is -2.21. The van der Waals surface area contributed by atoms with E-state index in [1.807, 2.05) is 12.2 Å². The van der Waals surface area contributed by atoms with Crippen LogP contribution >= 0.6 is 0 Å². The van der Waals surface area contributed by atoms with Crippen LogP contribution in [0, 0.1) is 11.8 Å². The van der Waals surface area contributed by atoms with E-state index in [4.69, 9.17) is 18.9 Å². The van der Waals surface area contributed by atoms with Crippen molar-refractivity contribution in [1.29, 1.82) is 0 Å². The standard InChI is InChI=1S/C21H26O7/c1-11(2)20(23)26-10-15-5-6-16-12(3)21(24)28-17(16)7-14(9-25-13(4)22)8-18-19(15)27-18/h5,8,11,16-19H,3,6-7,9-10H2,1-2,4H3. The normalized spacial score (nSPS) is 29.1. The summed E-state index contributed by atoms with van der Waals surface area (Å²) in [6.07, 6.45) is 4.14. The third-order valence-electron chi connectivity index (χ3n) is 5.12. The third-order valence-corrected chi connectivity index (χ3v) is 5.12. The van der Waals surface area contributed by atoms with Crippen LogP contribution in [0.15, 0.2) is 35.5 Å². The van der Waals surface area contributed by atoms with Crippen LogP contribution in [-0.4, -0.2) is 49.4 Å². The fraction of sp³-hybridized carbons (Fsp3) is 0.571. The van der Waals surface area contributed by atoms with Gasteiger partial charge in [0, 0.05) is 24.8 Å². The minimum absolute atomic E-state index is 0.122. The summed E-state index contributed by atoms with van der Waals surface area (Å²) in [7, 11) is 0.